The van der Waals surface area contributed by atoms with Crippen LogP contribution in [0.5, 0.6) is 0 Å². The molecule has 0 spiro atoms. The number of para-hydroxylation sites is 1. The smallest absolute Gasteiger partial charge is 0.156 e. The van der Waals surface area contributed by atoms with Gasteiger partial charge in [0.2, 0.25) is 0 Å². The number of nitrogens with one attached hydrogen (secondary N) is 2. The largest absolute Gasteiger partial charge is 0.350 e. The minimum atomic E-state index is 0.991. The van der Waals surface area contributed by atoms with Gasteiger partial charge >= 0.3 is 0 Å². The zero-order chi connectivity index (χ0) is 17.5. The summed E-state index contributed by atoms with van der Waals surface area (Å²) in [5.41, 5.74) is 5.82. The summed E-state index contributed by atoms with van der Waals surface area (Å²) in [5.74, 6) is 1.02. The molecule has 5 nitrogen and oxygen atoms in total. The molecule has 5 rings (SSSR count). The van der Waals surface area contributed by atoms with Crippen molar-refractivity contribution in [2.75, 3.05) is 31.1 Å². The molecule has 1 aliphatic heterocycles. The minimum absolute atomic E-state index is 0.991. The van der Waals surface area contributed by atoms with E-state index in [1.807, 2.05) is 0 Å². The summed E-state index contributed by atoms with van der Waals surface area (Å²) in [6, 6.07) is 17.2. The first-order valence-electron chi connectivity index (χ1n) is 9.18. The Labute approximate surface area is 152 Å². The molecule has 0 amide bonds. The van der Waals surface area contributed by atoms with Crippen molar-refractivity contribution in [3.8, 4) is 0 Å². The summed E-state index contributed by atoms with van der Waals surface area (Å²) in [5, 5.41) is 1.18. The molecule has 0 atom stereocenters. The van der Waals surface area contributed by atoms with Crippen molar-refractivity contribution in [2.45, 2.75) is 6.92 Å². The van der Waals surface area contributed by atoms with Crippen molar-refractivity contribution in [1.82, 2.24) is 15.0 Å². The average Bonchev–Trinajstić information content (AvgIpc) is 3.07. The van der Waals surface area contributed by atoms with Crippen LogP contribution in [0.25, 0.3) is 21.9 Å². The first-order chi connectivity index (χ1) is 12.8. The van der Waals surface area contributed by atoms with Crippen molar-refractivity contribution in [1.29, 1.82) is 0 Å². The maximum atomic E-state index is 4.62. The van der Waals surface area contributed by atoms with Gasteiger partial charge in [-0.05, 0) is 31.2 Å². The molecule has 0 unspecified atom stereocenters. The Bertz CT molecular complexity index is 1060. The molecule has 4 aromatic rings. The quantitative estimate of drug-likeness (QED) is 0.587. The van der Waals surface area contributed by atoms with E-state index >= 15 is 0 Å². The number of aryl methyl sites for hydroxylation is 1. The van der Waals surface area contributed by atoms with Crippen molar-refractivity contribution in [3.05, 3.63) is 60.4 Å². The summed E-state index contributed by atoms with van der Waals surface area (Å²) in [4.78, 5) is 16.6. The zero-order valence-electron chi connectivity index (χ0n) is 14.9. The normalized spacial score (nSPS) is 15.8. The first-order valence-corrected chi connectivity index (χ1v) is 9.18. The molecule has 0 radical (unpaired) electrons. The number of hydrogen-bond donors (Lipinski definition) is 2. The zero-order valence-corrected chi connectivity index (χ0v) is 14.9. The van der Waals surface area contributed by atoms with E-state index in [4.69, 9.17) is 0 Å². The van der Waals surface area contributed by atoms with Crippen LogP contribution in [0.1, 0.15) is 5.56 Å². The SMILES string of the molecule is Cc1ccc2[nH]c3c(N4CC[NH+](c5ccccc5)CC4)ncnc3c2c1. The van der Waals surface area contributed by atoms with E-state index in [2.05, 4.69) is 75.3 Å². The number of fused-ring (bicyclic) bond motifs is 3. The van der Waals surface area contributed by atoms with E-state index in [1.54, 1.807) is 11.2 Å². The molecule has 130 valence electrons. The van der Waals surface area contributed by atoms with Gasteiger partial charge in [-0.1, -0.05) is 29.8 Å². The highest BCUT2D eigenvalue weighted by molar-refractivity contribution is 6.08. The van der Waals surface area contributed by atoms with Gasteiger partial charge < -0.3 is 9.88 Å². The van der Waals surface area contributed by atoms with Crippen LogP contribution in [-0.4, -0.2) is 41.1 Å². The second-order valence-electron chi connectivity index (χ2n) is 7.05. The van der Waals surface area contributed by atoms with E-state index < -0.39 is 0 Å². The molecule has 1 aliphatic rings. The van der Waals surface area contributed by atoms with E-state index in [0.717, 1.165) is 48.5 Å². The second-order valence-corrected chi connectivity index (χ2v) is 7.05. The number of quaternary nitrogens is 1. The van der Waals surface area contributed by atoms with Crippen LogP contribution in [0.3, 0.4) is 0 Å². The first kappa shape index (κ1) is 15.3. The second kappa shape index (κ2) is 6.11. The van der Waals surface area contributed by atoms with Gasteiger partial charge in [0.25, 0.3) is 0 Å². The van der Waals surface area contributed by atoms with Crippen LogP contribution in [0.4, 0.5) is 11.5 Å². The third-order valence-corrected chi connectivity index (χ3v) is 5.37. The van der Waals surface area contributed by atoms with Crippen molar-refractivity contribution in [3.63, 3.8) is 0 Å². The van der Waals surface area contributed by atoms with E-state index in [-0.39, 0.29) is 0 Å². The summed E-state index contributed by atoms with van der Waals surface area (Å²) in [6.45, 7) is 6.26. The summed E-state index contributed by atoms with van der Waals surface area (Å²) < 4.78 is 0. The van der Waals surface area contributed by atoms with E-state index in [1.165, 1.54) is 16.6 Å². The lowest BCUT2D eigenvalue weighted by Crippen LogP contribution is -3.10. The summed E-state index contributed by atoms with van der Waals surface area (Å²) in [7, 11) is 0. The van der Waals surface area contributed by atoms with Crippen LogP contribution in [-0.2, 0) is 0 Å². The third-order valence-electron chi connectivity index (χ3n) is 5.37. The van der Waals surface area contributed by atoms with Gasteiger partial charge in [0.15, 0.2) is 5.82 Å². The molecule has 2 aromatic carbocycles. The molecule has 3 heterocycles. The number of aromatic nitrogens is 3. The molecule has 0 saturated carbocycles. The predicted octanol–water partition coefficient (Wildman–Crippen LogP) is 2.46. The number of aromatic amines is 1. The molecule has 5 heteroatoms. The van der Waals surface area contributed by atoms with E-state index in [0.29, 0.717) is 0 Å². The van der Waals surface area contributed by atoms with Gasteiger partial charge in [0.1, 0.15) is 23.0 Å². The standard InChI is InChI=1S/C21H21N5/c1-15-7-8-18-17(13-15)19-20(24-18)21(23-14-22-19)26-11-9-25(10-12-26)16-5-3-2-4-6-16/h2-8,13-14,24H,9-12H2,1H3/p+1. The topological polar surface area (TPSA) is 49.2 Å². The summed E-state index contributed by atoms with van der Waals surface area (Å²) in [6.07, 6.45) is 1.70. The van der Waals surface area contributed by atoms with Gasteiger partial charge in [-0.25, -0.2) is 9.97 Å². The van der Waals surface area contributed by atoms with Crippen LogP contribution in [0.15, 0.2) is 54.9 Å². The van der Waals surface area contributed by atoms with Crippen molar-refractivity contribution < 1.29 is 4.90 Å². The fourth-order valence-corrected chi connectivity index (χ4v) is 3.98. The Morgan fingerprint density at radius 3 is 2.62 bits per heavy atom. The third kappa shape index (κ3) is 2.52. The molecule has 26 heavy (non-hydrogen) atoms. The number of benzene rings is 2. The fraction of sp³-hybridized carbons (Fsp3) is 0.238. The van der Waals surface area contributed by atoms with Crippen LogP contribution in [0, 0.1) is 6.92 Å². The Morgan fingerprint density at radius 2 is 1.81 bits per heavy atom. The highest BCUT2D eigenvalue weighted by atomic mass is 15.3. The highest BCUT2D eigenvalue weighted by Crippen LogP contribution is 2.29. The van der Waals surface area contributed by atoms with Crippen molar-refractivity contribution >= 4 is 33.4 Å². The minimum Gasteiger partial charge on any atom is -0.350 e. The van der Waals surface area contributed by atoms with Crippen molar-refractivity contribution in [2.24, 2.45) is 0 Å². The summed E-state index contributed by atoms with van der Waals surface area (Å²) >= 11 is 0. The molecular formula is C21H22N5+. The molecular weight excluding hydrogens is 322 g/mol. The number of piperazine rings is 1. The molecule has 0 bridgehead atoms. The Morgan fingerprint density at radius 1 is 1.00 bits per heavy atom. The van der Waals surface area contributed by atoms with Gasteiger partial charge in [-0.2, -0.15) is 0 Å². The Hall–Kier alpha value is -2.92. The monoisotopic (exact) mass is 344 g/mol. The molecule has 2 aromatic heterocycles. The lowest BCUT2D eigenvalue weighted by atomic mass is 10.1. The highest BCUT2D eigenvalue weighted by Gasteiger charge is 2.24. The fourth-order valence-electron chi connectivity index (χ4n) is 3.98. The molecule has 1 saturated heterocycles. The van der Waals surface area contributed by atoms with Crippen LogP contribution >= 0.6 is 0 Å². The van der Waals surface area contributed by atoms with E-state index in [9.17, 15) is 0 Å². The number of H-pyrrole nitrogens is 1. The Kier molecular flexibility index (Phi) is 3.60. The van der Waals surface area contributed by atoms with Crippen LogP contribution < -0.4 is 9.80 Å². The Balaban J connectivity index is 1.47. The van der Waals surface area contributed by atoms with Crippen LogP contribution in [0.2, 0.25) is 0 Å². The molecule has 1 fully saturated rings. The maximum absolute atomic E-state index is 4.62. The molecule has 0 aliphatic carbocycles. The van der Waals surface area contributed by atoms with Gasteiger partial charge in [0, 0.05) is 10.9 Å². The van der Waals surface area contributed by atoms with Gasteiger partial charge in [-0.15, -0.1) is 0 Å². The van der Waals surface area contributed by atoms with Gasteiger partial charge in [-0.3, -0.25) is 4.90 Å². The molecule has 2 N–H and O–H groups in total. The lowest BCUT2D eigenvalue weighted by Gasteiger charge is -2.32. The van der Waals surface area contributed by atoms with Gasteiger partial charge in [0.05, 0.1) is 26.2 Å². The maximum Gasteiger partial charge on any atom is 0.156 e. The number of hydrogen-bond acceptors (Lipinski definition) is 3. The number of nitrogens with zero attached hydrogens (tertiary/aromatic N) is 3. The number of anilines is 1. The number of rotatable bonds is 2. The predicted molar refractivity (Wildman–Crippen MR) is 105 cm³/mol. The average molecular weight is 344 g/mol. The lowest BCUT2D eigenvalue weighted by molar-refractivity contribution is -0.833.